The molecule has 238 valence electrons. The summed E-state index contributed by atoms with van der Waals surface area (Å²) in [4.78, 5) is 2.10. The summed E-state index contributed by atoms with van der Waals surface area (Å²) in [5.74, 6) is 2.28. The molecule has 5 aromatic rings. The van der Waals surface area contributed by atoms with Gasteiger partial charge in [0.1, 0.15) is 12.4 Å². The smallest absolute Gasteiger partial charge is 0.170 e. The fourth-order valence-corrected chi connectivity index (χ4v) is 6.26. The number of allylic oxidation sites excluding steroid dienone is 2. The molecule has 2 aromatic heterocycles. The minimum atomic E-state index is -0.0126. The molecule has 0 radical (unpaired) electrons. The Bertz CT molecular complexity index is 1970. The summed E-state index contributed by atoms with van der Waals surface area (Å²) in [6.45, 7) is 7.52. The number of aliphatic hydroxyl groups excluding tert-OH is 2. The Balaban J connectivity index is 0.000000179. The fourth-order valence-electron chi connectivity index (χ4n) is 6.26. The molecular weight excluding hydrogens is 566 g/mol. The number of rotatable bonds is 10. The molecule has 0 fully saturated rings. The minimum Gasteiger partial charge on any atom is -0.493 e. The quantitative estimate of drug-likeness (QED) is 0.233. The van der Waals surface area contributed by atoms with Gasteiger partial charge in [0.25, 0.3) is 0 Å². The molecule has 0 saturated heterocycles. The molecule has 8 nitrogen and oxygen atoms in total. The second-order valence-corrected chi connectivity index (χ2v) is 11.3. The van der Waals surface area contributed by atoms with Crippen LogP contribution in [-0.2, 0) is 26.3 Å². The van der Waals surface area contributed by atoms with E-state index < -0.39 is 0 Å². The third kappa shape index (κ3) is 6.06. The van der Waals surface area contributed by atoms with E-state index in [1.807, 2.05) is 38.4 Å². The maximum absolute atomic E-state index is 9.78. The van der Waals surface area contributed by atoms with E-state index in [1.165, 1.54) is 16.1 Å². The number of benzene rings is 3. The van der Waals surface area contributed by atoms with Crippen molar-refractivity contribution in [2.45, 2.75) is 46.6 Å². The highest BCUT2D eigenvalue weighted by molar-refractivity contribution is 6.12. The number of aromatic nitrogens is 2. The van der Waals surface area contributed by atoms with Crippen molar-refractivity contribution in [3.8, 4) is 17.2 Å². The number of aliphatic hydroxyl groups is 2. The largest absolute Gasteiger partial charge is 0.493 e. The zero-order chi connectivity index (χ0) is 32.1. The van der Waals surface area contributed by atoms with Crippen molar-refractivity contribution in [3.05, 3.63) is 76.3 Å². The van der Waals surface area contributed by atoms with Crippen molar-refractivity contribution < 1.29 is 24.4 Å². The Hall–Kier alpha value is -4.24. The van der Waals surface area contributed by atoms with Gasteiger partial charge in [-0.1, -0.05) is 30.4 Å². The van der Waals surface area contributed by atoms with Crippen LogP contribution < -0.4 is 24.8 Å². The molecular formula is C37H45N3O5. The highest BCUT2D eigenvalue weighted by Crippen LogP contribution is 2.41. The zero-order valence-corrected chi connectivity index (χ0v) is 27.3. The van der Waals surface area contributed by atoms with E-state index in [9.17, 15) is 10.2 Å². The third-order valence-electron chi connectivity index (χ3n) is 8.40. The van der Waals surface area contributed by atoms with E-state index in [1.54, 1.807) is 14.2 Å². The first-order valence-corrected chi connectivity index (χ1v) is 15.6. The Morgan fingerprint density at radius 1 is 0.822 bits per heavy atom. The van der Waals surface area contributed by atoms with E-state index in [2.05, 4.69) is 70.4 Å². The lowest BCUT2D eigenvalue weighted by atomic mass is 10.1. The van der Waals surface area contributed by atoms with Crippen molar-refractivity contribution in [2.75, 3.05) is 41.5 Å². The van der Waals surface area contributed by atoms with Gasteiger partial charge in [0.2, 0.25) is 0 Å². The number of nitrogens with zero attached hydrogens (tertiary/aromatic N) is 3. The average Bonchev–Trinajstić information content (AvgIpc) is 3.42. The van der Waals surface area contributed by atoms with Gasteiger partial charge in [0.05, 0.1) is 43.9 Å². The van der Waals surface area contributed by atoms with Gasteiger partial charge >= 0.3 is 0 Å². The number of likely N-dealkylation sites (N-methyl/N-ethyl adjacent to an activating group) is 1. The molecule has 0 unspecified atom stereocenters. The summed E-state index contributed by atoms with van der Waals surface area (Å²) in [7, 11) is 7.36. The molecule has 0 saturated carbocycles. The Morgan fingerprint density at radius 3 is 2.22 bits per heavy atom. The van der Waals surface area contributed by atoms with Gasteiger partial charge < -0.3 is 38.5 Å². The van der Waals surface area contributed by atoms with Crippen LogP contribution in [0.15, 0.2) is 54.6 Å². The normalized spacial score (nSPS) is 12.5. The van der Waals surface area contributed by atoms with Crippen LogP contribution in [0, 0.1) is 0 Å². The molecule has 2 N–H and O–H groups in total. The predicted molar refractivity (Wildman–Crippen MR) is 184 cm³/mol. The highest BCUT2D eigenvalue weighted by Gasteiger charge is 2.18. The number of methoxy groups -OCH3 is 2. The number of aryl methyl sites for hydroxylation is 2. The van der Waals surface area contributed by atoms with Crippen LogP contribution in [0.4, 0.5) is 0 Å². The van der Waals surface area contributed by atoms with Gasteiger partial charge in [-0.15, -0.1) is 0 Å². The maximum Gasteiger partial charge on any atom is 0.170 e. The summed E-state index contributed by atoms with van der Waals surface area (Å²) in [6, 6.07) is 14.1. The number of hydrogen-bond acceptors (Lipinski definition) is 6. The third-order valence-corrected chi connectivity index (χ3v) is 8.40. The zero-order valence-electron chi connectivity index (χ0n) is 27.3. The van der Waals surface area contributed by atoms with Crippen LogP contribution in [0.1, 0.15) is 31.4 Å². The molecule has 8 heteroatoms. The van der Waals surface area contributed by atoms with Crippen LogP contribution in [0.2, 0.25) is 0 Å². The first kappa shape index (κ1) is 32.2. The molecule has 1 aliphatic carbocycles. The lowest BCUT2D eigenvalue weighted by Gasteiger charge is -2.15. The molecule has 45 heavy (non-hydrogen) atoms. The van der Waals surface area contributed by atoms with E-state index in [-0.39, 0.29) is 13.2 Å². The first-order valence-electron chi connectivity index (χ1n) is 15.6. The summed E-state index contributed by atoms with van der Waals surface area (Å²) in [5.41, 5.74) is 5.16. The SMILES string of the molecule is CCn1c2c(c3c(OCCN(C)C)c(CO)ccc31)=CCC=CC=2.CCn1c2ccc(CO)cc2c2c(OC)c(OC)ccc21. The van der Waals surface area contributed by atoms with E-state index in [0.717, 1.165) is 81.6 Å². The molecule has 0 amide bonds. The average molecular weight is 612 g/mol. The van der Waals surface area contributed by atoms with Crippen LogP contribution in [0.5, 0.6) is 17.2 Å². The van der Waals surface area contributed by atoms with Gasteiger partial charge in [-0.05, 0) is 76.3 Å². The number of fused-ring (bicyclic) bond motifs is 6. The van der Waals surface area contributed by atoms with Crippen molar-refractivity contribution in [2.24, 2.45) is 0 Å². The van der Waals surface area contributed by atoms with Crippen molar-refractivity contribution in [3.63, 3.8) is 0 Å². The van der Waals surface area contributed by atoms with Gasteiger partial charge in [0.15, 0.2) is 11.5 Å². The maximum atomic E-state index is 9.78. The predicted octanol–water partition coefficient (Wildman–Crippen LogP) is 4.94. The minimum absolute atomic E-state index is 0.0126. The number of hydrogen-bond donors (Lipinski definition) is 2. The van der Waals surface area contributed by atoms with Crippen LogP contribution in [0.3, 0.4) is 0 Å². The van der Waals surface area contributed by atoms with Gasteiger partial charge in [-0.3, -0.25) is 0 Å². The summed E-state index contributed by atoms with van der Waals surface area (Å²) in [6.07, 6.45) is 9.61. The van der Waals surface area contributed by atoms with Crippen LogP contribution >= 0.6 is 0 Å². The molecule has 2 heterocycles. The van der Waals surface area contributed by atoms with E-state index in [0.29, 0.717) is 6.61 Å². The monoisotopic (exact) mass is 611 g/mol. The molecule has 0 spiro atoms. The van der Waals surface area contributed by atoms with Gasteiger partial charge in [-0.2, -0.15) is 0 Å². The summed E-state index contributed by atoms with van der Waals surface area (Å²) < 4.78 is 21.7. The first-order chi connectivity index (χ1) is 21.9. The number of ether oxygens (including phenoxy) is 3. The Labute approximate surface area is 264 Å². The molecule has 6 rings (SSSR count). The lowest BCUT2D eigenvalue weighted by molar-refractivity contribution is 0.245. The second-order valence-electron chi connectivity index (χ2n) is 11.3. The van der Waals surface area contributed by atoms with E-state index in [4.69, 9.17) is 14.2 Å². The molecule has 0 bridgehead atoms. The van der Waals surface area contributed by atoms with E-state index >= 15 is 0 Å². The molecule has 0 atom stereocenters. The highest BCUT2D eigenvalue weighted by atomic mass is 16.5. The summed E-state index contributed by atoms with van der Waals surface area (Å²) in [5, 5.41) is 24.8. The van der Waals surface area contributed by atoms with Crippen molar-refractivity contribution >= 4 is 44.9 Å². The van der Waals surface area contributed by atoms with Crippen molar-refractivity contribution in [1.29, 1.82) is 0 Å². The Kier molecular flexibility index (Phi) is 10.2. The molecule has 1 aliphatic rings. The molecule has 3 aromatic carbocycles. The second kappa shape index (κ2) is 14.2. The summed E-state index contributed by atoms with van der Waals surface area (Å²) >= 11 is 0. The van der Waals surface area contributed by atoms with Crippen LogP contribution in [-0.4, -0.2) is 65.7 Å². The van der Waals surface area contributed by atoms with Crippen LogP contribution in [0.25, 0.3) is 44.9 Å². The lowest BCUT2D eigenvalue weighted by Crippen LogP contribution is -2.28. The fraction of sp³-hybridized carbons (Fsp3) is 0.351. The topological polar surface area (TPSA) is 81.2 Å². The standard InChI is InChI=1S/C20H26N2O2.C17H19NO3/c1-4-22-17-9-7-5-6-8-16(17)19-18(22)11-10-15(14-23)20(19)24-13-12-21(2)3;1-4-18-13-6-5-11(10-19)9-12(13)16-14(18)7-8-15(20-2)17(16)21-3/h5,7-11,23H,4,6,12-14H2,1-3H3;5-9,19H,4,10H2,1-3H3. The molecule has 0 aliphatic heterocycles. The van der Waals surface area contributed by atoms with Crippen molar-refractivity contribution in [1.82, 2.24) is 14.0 Å². The van der Waals surface area contributed by atoms with Gasteiger partial charge in [0, 0.05) is 52.1 Å². The Morgan fingerprint density at radius 2 is 1.56 bits per heavy atom. The van der Waals surface area contributed by atoms with Gasteiger partial charge in [-0.25, -0.2) is 0 Å².